The number of allylic oxidation sites excluding steroid dienone is 1. The summed E-state index contributed by atoms with van der Waals surface area (Å²) in [5, 5.41) is 52.0. The van der Waals surface area contributed by atoms with Crippen LogP contribution in [0.2, 0.25) is 0 Å². The molecule has 2 heterocycles. The number of fused-ring (bicyclic) bond motifs is 3. The molecule has 1 aliphatic rings. The Balaban J connectivity index is 2.15. The normalized spacial score (nSPS) is 18.9. The maximum Gasteiger partial charge on any atom is 0.204 e. The average molecular weight is 428 g/mol. The molecule has 8 heteroatoms. The molecule has 0 amide bonds. The van der Waals surface area contributed by atoms with Crippen LogP contribution in [0.1, 0.15) is 44.9 Å². The molecule has 31 heavy (non-hydrogen) atoms. The lowest BCUT2D eigenvalue weighted by molar-refractivity contribution is -0.0766. The van der Waals surface area contributed by atoms with Crippen molar-refractivity contribution >= 4 is 21.9 Å². The fourth-order valence-electron chi connectivity index (χ4n) is 3.94. The van der Waals surface area contributed by atoms with Gasteiger partial charge < -0.3 is 34.7 Å². The van der Waals surface area contributed by atoms with E-state index in [4.69, 9.17) is 9.15 Å². The SMILES string of the molecule is C=CC(C)(C)c1cc(O)c(O)c2c(=O)c3cc4c(c(O)c3oc12)OC(C(C)(C)O)C4O. The van der Waals surface area contributed by atoms with Crippen LogP contribution in [0.3, 0.4) is 0 Å². The van der Waals surface area contributed by atoms with Crippen LogP contribution in [0, 0.1) is 0 Å². The second-order valence-corrected chi connectivity index (χ2v) is 9.01. The Hall–Kier alpha value is -3.23. The van der Waals surface area contributed by atoms with Gasteiger partial charge in [-0.2, -0.15) is 0 Å². The topological polar surface area (TPSA) is 141 Å². The zero-order valence-electron chi connectivity index (χ0n) is 17.6. The number of hydrogen-bond acceptors (Lipinski definition) is 8. The highest BCUT2D eigenvalue weighted by Crippen LogP contribution is 2.50. The monoisotopic (exact) mass is 428 g/mol. The molecule has 5 N–H and O–H groups in total. The zero-order valence-corrected chi connectivity index (χ0v) is 17.6. The predicted octanol–water partition coefficient (Wildman–Crippen LogP) is 3.09. The minimum atomic E-state index is -1.44. The van der Waals surface area contributed by atoms with Crippen LogP contribution in [-0.2, 0) is 5.41 Å². The summed E-state index contributed by atoms with van der Waals surface area (Å²) in [5.41, 5.74) is -2.64. The number of aliphatic hydroxyl groups is 2. The lowest BCUT2D eigenvalue weighted by Crippen LogP contribution is -2.41. The Morgan fingerprint density at radius 2 is 1.71 bits per heavy atom. The molecule has 2 aromatic carbocycles. The largest absolute Gasteiger partial charge is 0.504 e. The first-order chi connectivity index (χ1) is 14.3. The van der Waals surface area contributed by atoms with E-state index in [1.807, 2.05) is 0 Å². The minimum Gasteiger partial charge on any atom is -0.504 e. The standard InChI is InChI=1S/C23H24O8/c1-6-22(2,3)11-8-12(24)16(27)13-14(25)9-7-10-15(26)21(23(4,5)29)31-19(10)17(28)18(9)30-20(11)13/h6-8,15,21,24,26-29H,1H2,2-5H3. The molecule has 1 aliphatic heterocycles. The molecule has 0 fully saturated rings. The van der Waals surface area contributed by atoms with E-state index in [1.54, 1.807) is 19.9 Å². The van der Waals surface area contributed by atoms with E-state index in [0.29, 0.717) is 5.56 Å². The Kier molecular flexibility index (Phi) is 4.33. The van der Waals surface area contributed by atoms with E-state index in [2.05, 4.69) is 6.58 Å². The summed E-state index contributed by atoms with van der Waals surface area (Å²) in [4.78, 5) is 13.3. The van der Waals surface area contributed by atoms with Gasteiger partial charge in [0.15, 0.2) is 28.9 Å². The molecule has 0 aliphatic carbocycles. The van der Waals surface area contributed by atoms with Crippen molar-refractivity contribution in [1.29, 1.82) is 0 Å². The van der Waals surface area contributed by atoms with Crippen LogP contribution in [0.15, 0.2) is 34.0 Å². The molecule has 0 spiro atoms. The van der Waals surface area contributed by atoms with Gasteiger partial charge in [-0.05, 0) is 26.0 Å². The van der Waals surface area contributed by atoms with Crippen molar-refractivity contribution in [2.75, 3.05) is 0 Å². The van der Waals surface area contributed by atoms with Crippen LogP contribution < -0.4 is 10.2 Å². The van der Waals surface area contributed by atoms with Crippen molar-refractivity contribution in [1.82, 2.24) is 0 Å². The molecule has 8 nitrogen and oxygen atoms in total. The van der Waals surface area contributed by atoms with Gasteiger partial charge in [0.25, 0.3) is 0 Å². The van der Waals surface area contributed by atoms with E-state index in [0.717, 1.165) is 0 Å². The Morgan fingerprint density at radius 3 is 2.29 bits per heavy atom. The molecular formula is C23H24O8. The third-order valence-electron chi connectivity index (χ3n) is 5.90. The molecular weight excluding hydrogens is 404 g/mol. The summed E-state index contributed by atoms with van der Waals surface area (Å²) in [7, 11) is 0. The molecule has 0 radical (unpaired) electrons. The molecule has 0 saturated heterocycles. The van der Waals surface area contributed by atoms with Crippen molar-refractivity contribution in [3.05, 3.63) is 46.1 Å². The van der Waals surface area contributed by atoms with Gasteiger partial charge in [0.1, 0.15) is 17.1 Å². The van der Waals surface area contributed by atoms with Gasteiger partial charge in [0.05, 0.1) is 11.0 Å². The molecule has 1 aromatic heterocycles. The van der Waals surface area contributed by atoms with E-state index < -0.39 is 45.9 Å². The number of phenolic OH excluding ortho intramolecular Hbond substituents is 3. The van der Waals surface area contributed by atoms with E-state index >= 15 is 0 Å². The summed E-state index contributed by atoms with van der Waals surface area (Å²) in [5.74, 6) is -1.75. The Labute approximate surface area is 177 Å². The number of ether oxygens (including phenoxy) is 1. The van der Waals surface area contributed by atoms with E-state index in [-0.39, 0.29) is 33.3 Å². The number of benzene rings is 2. The van der Waals surface area contributed by atoms with Crippen molar-refractivity contribution in [2.24, 2.45) is 0 Å². The molecule has 3 aromatic rings. The van der Waals surface area contributed by atoms with Gasteiger partial charge in [-0.25, -0.2) is 0 Å². The highest BCUT2D eigenvalue weighted by molar-refractivity contribution is 5.99. The van der Waals surface area contributed by atoms with Crippen LogP contribution in [0.25, 0.3) is 21.9 Å². The number of hydrogen-bond donors (Lipinski definition) is 5. The maximum absolute atomic E-state index is 13.3. The zero-order chi connectivity index (χ0) is 23.0. The number of aromatic hydroxyl groups is 3. The van der Waals surface area contributed by atoms with Gasteiger partial charge in [-0.15, -0.1) is 6.58 Å². The summed E-state index contributed by atoms with van der Waals surface area (Å²) in [6.07, 6.45) is -0.797. The molecule has 2 unspecified atom stereocenters. The lowest BCUT2D eigenvalue weighted by atomic mass is 9.83. The summed E-state index contributed by atoms with van der Waals surface area (Å²) in [6.45, 7) is 10.2. The first-order valence-electron chi connectivity index (χ1n) is 9.72. The number of rotatable bonds is 3. The first kappa shape index (κ1) is 21.0. The van der Waals surface area contributed by atoms with Gasteiger partial charge in [-0.3, -0.25) is 4.79 Å². The van der Waals surface area contributed by atoms with Crippen LogP contribution in [-0.4, -0.2) is 37.2 Å². The highest BCUT2D eigenvalue weighted by Gasteiger charge is 2.44. The van der Waals surface area contributed by atoms with Gasteiger partial charge in [-0.1, -0.05) is 19.9 Å². The van der Waals surface area contributed by atoms with Gasteiger partial charge in [0.2, 0.25) is 11.2 Å². The predicted molar refractivity (Wildman–Crippen MR) is 114 cm³/mol. The summed E-state index contributed by atoms with van der Waals surface area (Å²) < 4.78 is 11.5. The maximum atomic E-state index is 13.3. The average Bonchev–Trinajstić information content (AvgIpc) is 3.03. The van der Waals surface area contributed by atoms with Crippen molar-refractivity contribution in [3.63, 3.8) is 0 Å². The molecule has 4 rings (SSSR count). The van der Waals surface area contributed by atoms with Gasteiger partial charge >= 0.3 is 0 Å². The minimum absolute atomic E-state index is 0.0227. The quantitative estimate of drug-likeness (QED) is 0.243. The lowest BCUT2D eigenvalue weighted by Gasteiger charge is -2.27. The molecule has 2 atom stereocenters. The second-order valence-electron chi connectivity index (χ2n) is 9.01. The second kappa shape index (κ2) is 6.38. The third kappa shape index (κ3) is 2.86. The Morgan fingerprint density at radius 1 is 1.06 bits per heavy atom. The third-order valence-corrected chi connectivity index (χ3v) is 5.90. The van der Waals surface area contributed by atoms with Crippen molar-refractivity contribution < 1.29 is 34.7 Å². The van der Waals surface area contributed by atoms with Gasteiger partial charge in [0, 0.05) is 16.5 Å². The van der Waals surface area contributed by atoms with Crippen molar-refractivity contribution in [3.8, 4) is 23.0 Å². The first-order valence-corrected chi connectivity index (χ1v) is 9.72. The Bertz CT molecular complexity index is 1310. The molecule has 164 valence electrons. The summed E-state index contributed by atoms with van der Waals surface area (Å²) >= 11 is 0. The molecule has 0 bridgehead atoms. The summed E-state index contributed by atoms with van der Waals surface area (Å²) in [6, 6.07) is 2.58. The van der Waals surface area contributed by atoms with Crippen LogP contribution in [0.4, 0.5) is 0 Å². The van der Waals surface area contributed by atoms with Crippen LogP contribution in [0.5, 0.6) is 23.0 Å². The van der Waals surface area contributed by atoms with Crippen LogP contribution >= 0.6 is 0 Å². The number of aliphatic hydroxyl groups excluding tert-OH is 1. The number of phenols is 3. The fourth-order valence-corrected chi connectivity index (χ4v) is 3.94. The molecule has 0 saturated carbocycles. The van der Waals surface area contributed by atoms with E-state index in [1.165, 1.54) is 26.0 Å². The van der Waals surface area contributed by atoms with Crippen molar-refractivity contribution in [2.45, 2.75) is 50.9 Å². The highest BCUT2D eigenvalue weighted by atomic mass is 16.5. The van der Waals surface area contributed by atoms with E-state index in [9.17, 15) is 30.3 Å². The smallest absolute Gasteiger partial charge is 0.204 e. The fraction of sp³-hybridized carbons (Fsp3) is 0.348.